The van der Waals surface area contributed by atoms with E-state index in [4.69, 9.17) is 0 Å². The van der Waals surface area contributed by atoms with E-state index in [-0.39, 0.29) is 0 Å². The molecule has 0 radical (unpaired) electrons. The first-order valence-corrected chi connectivity index (χ1v) is 5.04. The lowest BCUT2D eigenvalue weighted by atomic mass is 10.0. The predicted molar refractivity (Wildman–Crippen MR) is 61.7 cm³/mol. The van der Waals surface area contributed by atoms with E-state index in [0.717, 1.165) is 17.1 Å². The highest BCUT2D eigenvalue weighted by Crippen LogP contribution is 2.21. The van der Waals surface area contributed by atoms with E-state index < -0.39 is 0 Å². The molecule has 1 aromatic heterocycles. The van der Waals surface area contributed by atoms with E-state index in [2.05, 4.69) is 41.2 Å². The summed E-state index contributed by atoms with van der Waals surface area (Å²) in [7, 11) is 0. The molecular weight excluding hydrogens is 184 g/mol. The fourth-order valence-corrected chi connectivity index (χ4v) is 1.68. The number of hydrogen-bond acceptors (Lipinski definition) is 2. The Balaban J connectivity index is 2.54. The predicted octanol–water partition coefficient (Wildman–Crippen LogP) is 3.07. The van der Waals surface area contributed by atoms with Gasteiger partial charge < -0.3 is 0 Å². The summed E-state index contributed by atoms with van der Waals surface area (Å²) in [6.45, 7) is 6.02. The van der Waals surface area contributed by atoms with Gasteiger partial charge in [0.1, 0.15) is 5.82 Å². The molecule has 1 aromatic carbocycles. The van der Waals surface area contributed by atoms with E-state index in [1.807, 2.05) is 20.0 Å². The van der Waals surface area contributed by atoms with Crippen molar-refractivity contribution in [1.82, 2.24) is 9.97 Å². The van der Waals surface area contributed by atoms with Crippen LogP contribution in [0.1, 0.15) is 17.1 Å². The molecule has 2 rings (SSSR count). The monoisotopic (exact) mass is 198 g/mol. The molecule has 15 heavy (non-hydrogen) atoms. The molecule has 0 unspecified atom stereocenters. The molecule has 1 heterocycles. The number of benzene rings is 1. The molecule has 0 saturated carbocycles. The van der Waals surface area contributed by atoms with Crippen molar-refractivity contribution in [2.45, 2.75) is 20.8 Å². The van der Waals surface area contributed by atoms with Gasteiger partial charge in [0.25, 0.3) is 0 Å². The summed E-state index contributed by atoms with van der Waals surface area (Å²) in [5.74, 6) is 0.823. The van der Waals surface area contributed by atoms with Gasteiger partial charge in [-0.15, -0.1) is 0 Å². The summed E-state index contributed by atoms with van der Waals surface area (Å²) >= 11 is 0. The van der Waals surface area contributed by atoms with E-state index in [9.17, 15) is 0 Å². The highest BCUT2D eigenvalue weighted by atomic mass is 14.9. The largest absolute Gasteiger partial charge is 0.241 e. The number of rotatable bonds is 1. The molecule has 76 valence electrons. The molecule has 0 saturated heterocycles. The standard InChI is InChI=1S/C13H14N2/c1-9-5-4-6-12(7-9)13-8-14-11(3)15-10(13)2/h4-8H,1-3H3. The maximum absolute atomic E-state index is 4.37. The Labute approximate surface area is 90.0 Å². The van der Waals surface area contributed by atoms with E-state index in [1.54, 1.807) is 0 Å². The summed E-state index contributed by atoms with van der Waals surface area (Å²) in [6.07, 6.45) is 1.90. The summed E-state index contributed by atoms with van der Waals surface area (Å²) in [5.41, 5.74) is 4.59. The zero-order chi connectivity index (χ0) is 10.8. The van der Waals surface area contributed by atoms with Crippen molar-refractivity contribution in [2.75, 3.05) is 0 Å². The molecule has 0 aliphatic rings. The number of aryl methyl sites for hydroxylation is 3. The molecule has 0 N–H and O–H groups in total. The Hall–Kier alpha value is -1.70. The topological polar surface area (TPSA) is 25.8 Å². The highest BCUT2D eigenvalue weighted by Gasteiger charge is 2.03. The van der Waals surface area contributed by atoms with Gasteiger partial charge in [-0.1, -0.05) is 29.8 Å². The minimum absolute atomic E-state index is 0.823. The third-order valence-corrected chi connectivity index (χ3v) is 2.43. The van der Waals surface area contributed by atoms with Crippen molar-refractivity contribution in [3.63, 3.8) is 0 Å². The van der Waals surface area contributed by atoms with Crippen LogP contribution in [0.25, 0.3) is 11.1 Å². The smallest absolute Gasteiger partial charge is 0.125 e. The van der Waals surface area contributed by atoms with Gasteiger partial charge in [0.15, 0.2) is 0 Å². The van der Waals surface area contributed by atoms with Crippen molar-refractivity contribution in [3.8, 4) is 11.1 Å². The lowest BCUT2D eigenvalue weighted by molar-refractivity contribution is 1.01. The lowest BCUT2D eigenvalue weighted by Crippen LogP contribution is -1.93. The molecule has 2 nitrogen and oxygen atoms in total. The van der Waals surface area contributed by atoms with Gasteiger partial charge in [-0.05, 0) is 26.3 Å². The summed E-state index contributed by atoms with van der Waals surface area (Å²) in [5, 5.41) is 0. The Kier molecular flexibility index (Phi) is 2.50. The third-order valence-electron chi connectivity index (χ3n) is 2.43. The highest BCUT2D eigenvalue weighted by molar-refractivity contribution is 5.65. The van der Waals surface area contributed by atoms with Crippen LogP contribution in [0, 0.1) is 20.8 Å². The van der Waals surface area contributed by atoms with Crippen molar-refractivity contribution in [1.29, 1.82) is 0 Å². The number of hydrogen-bond donors (Lipinski definition) is 0. The van der Waals surface area contributed by atoms with Gasteiger partial charge in [-0.25, -0.2) is 9.97 Å². The summed E-state index contributed by atoms with van der Waals surface area (Å²) in [6, 6.07) is 8.40. The normalized spacial score (nSPS) is 10.3. The molecule has 2 aromatic rings. The Morgan fingerprint density at radius 2 is 1.87 bits per heavy atom. The molecular formula is C13H14N2. The second-order valence-electron chi connectivity index (χ2n) is 3.79. The molecule has 0 aliphatic carbocycles. The third kappa shape index (κ3) is 2.04. The Morgan fingerprint density at radius 3 is 2.53 bits per heavy atom. The zero-order valence-electron chi connectivity index (χ0n) is 9.28. The molecule has 0 spiro atoms. The van der Waals surface area contributed by atoms with Crippen LogP contribution in [0.5, 0.6) is 0 Å². The first-order valence-electron chi connectivity index (χ1n) is 5.04. The van der Waals surface area contributed by atoms with Crippen LogP contribution in [0.2, 0.25) is 0 Å². The van der Waals surface area contributed by atoms with Crippen LogP contribution in [-0.4, -0.2) is 9.97 Å². The number of aromatic nitrogens is 2. The lowest BCUT2D eigenvalue weighted by Gasteiger charge is -2.06. The molecule has 0 atom stereocenters. The van der Waals surface area contributed by atoms with E-state index >= 15 is 0 Å². The Bertz CT molecular complexity index is 490. The van der Waals surface area contributed by atoms with Crippen molar-refractivity contribution in [3.05, 3.63) is 47.5 Å². The fourth-order valence-electron chi connectivity index (χ4n) is 1.68. The first kappa shape index (κ1) is 9.84. The number of nitrogens with zero attached hydrogens (tertiary/aromatic N) is 2. The van der Waals surface area contributed by atoms with Crippen LogP contribution in [0.15, 0.2) is 30.5 Å². The second-order valence-corrected chi connectivity index (χ2v) is 3.79. The average Bonchev–Trinajstić information content (AvgIpc) is 2.17. The SMILES string of the molecule is Cc1cccc(-c2cnc(C)nc2C)c1. The van der Waals surface area contributed by atoms with Gasteiger partial charge in [-0.2, -0.15) is 0 Å². The van der Waals surface area contributed by atoms with Crippen LogP contribution < -0.4 is 0 Å². The van der Waals surface area contributed by atoms with Crippen LogP contribution >= 0.6 is 0 Å². The quantitative estimate of drug-likeness (QED) is 0.703. The maximum atomic E-state index is 4.37. The first-order chi connectivity index (χ1) is 7.16. The molecule has 0 amide bonds. The van der Waals surface area contributed by atoms with E-state index in [1.165, 1.54) is 11.1 Å². The minimum Gasteiger partial charge on any atom is -0.241 e. The molecule has 0 fully saturated rings. The van der Waals surface area contributed by atoms with Crippen molar-refractivity contribution < 1.29 is 0 Å². The van der Waals surface area contributed by atoms with Crippen molar-refractivity contribution >= 4 is 0 Å². The van der Waals surface area contributed by atoms with Crippen LogP contribution in [-0.2, 0) is 0 Å². The summed E-state index contributed by atoms with van der Waals surface area (Å²) in [4.78, 5) is 8.60. The van der Waals surface area contributed by atoms with Gasteiger partial charge in [0.2, 0.25) is 0 Å². The molecule has 0 aliphatic heterocycles. The van der Waals surface area contributed by atoms with Gasteiger partial charge in [0, 0.05) is 17.5 Å². The molecule has 0 bridgehead atoms. The van der Waals surface area contributed by atoms with Gasteiger partial charge in [-0.3, -0.25) is 0 Å². The second kappa shape index (κ2) is 3.81. The Morgan fingerprint density at radius 1 is 1.07 bits per heavy atom. The van der Waals surface area contributed by atoms with Crippen LogP contribution in [0.3, 0.4) is 0 Å². The maximum Gasteiger partial charge on any atom is 0.125 e. The minimum atomic E-state index is 0.823. The summed E-state index contributed by atoms with van der Waals surface area (Å²) < 4.78 is 0. The average molecular weight is 198 g/mol. The van der Waals surface area contributed by atoms with Crippen molar-refractivity contribution in [2.24, 2.45) is 0 Å². The van der Waals surface area contributed by atoms with Crippen LogP contribution in [0.4, 0.5) is 0 Å². The van der Waals surface area contributed by atoms with Gasteiger partial charge >= 0.3 is 0 Å². The fraction of sp³-hybridized carbons (Fsp3) is 0.231. The molecule has 2 heteroatoms. The van der Waals surface area contributed by atoms with E-state index in [0.29, 0.717) is 0 Å². The van der Waals surface area contributed by atoms with Gasteiger partial charge in [0.05, 0.1) is 0 Å². The zero-order valence-corrected chi connectivity index (χ0v) is 9.28.